The third-order valence-corrected chi connectivity index (χ3v) is 3.24. The van der Waals surface area contributed by atoms with Crippen LogP contribution in [0.15, 0.2) is 42.5 Å². The summed E-state index contributed by atoms with van der Waals surface area (Å²) in [6.07, 6.45) is 0. The van der Waals surface area contributed by atoms with Gasteiger partial charge in [-0.25, -0.2) is 4.98 Å². The van der Waals surface area contributed by atoms with Crippen molar-refractivity contribution in [1.29, 1.82) is 0 Å². The number of carbonyl (C=O) groups is 1. The number of ether oxygens (including phenoxy) is 1. The third-order valence-electron chi connectivity index (χ3n) is 3.24. The molecule has 0 saturated carbocycles. The lowest BCUT2D eigenvalue weighted by molar-refractivity contribution is 0.102. The van der Waals surface area contributed by atoms with E-state index in [2.05, 4.69) is 15.3 Å². The fourth-order valence-corrected chi connectivity index (χ4v) is 2.06. The van der Waals surface area contributed by atoms with E-state index in [1.165, 1.54) is 0 Å². The number of benzene rings is 2. The topological polar surface area (TPSA) is 67.0 Å². The lowest BCUT2D eigenvalue weighted by Gasteiger charge is -2.01. The number of aromatic nitrogens is 2. The molecule has 0 atom stereocenters. The molecule has 1 aromatic heterocycles. The lowest BCUT2D eigenvalue weighted by atomic mass is 10.1. The van der Waals surface area contributed by atoms with Gasteiger partial charge in [-0.2, -0.15) is 0 Å². The van der Waals surface area contributed by atoms with Gasteiger partial charge in [0.25, 0.3) is 5.91 Å². The molecule has 0 bridgehead atoms. The minimum Gasteiger partial charge on any atom is -0.497 e. The SMILES string of the molecule is COc1ccc2[nH]c(NC(=O)c3ccc(C)cc3)nc2c1. The highest BCUT2D eigenvalue weighted by molar-refractivity contribution is 6.04. The minimum atomic E-state index is -0.193. The van der Waals surface area contributed by atoms with E-state index < -0.39 is 0 Å². The number of nitrogens with zero attached hydrogens (tertiary/aromatic N) is 1. The second-order valence-corrected chi connectivity index (χ2v) is 4.79. The number of H-pyrrole nitrogens is 1. The minimum absolute atomic E-state index is 0.193. The molecule has 0 saturated heterocycles. The maximum absolute atomic E-state index is 12.1. The maximum atomic E-state index is 12.1. The second-order valence-electron chi connectivity index (χ2n) is 4.79. The number of methoxy groups -OCH3 is 1. The van der Waals surface area contributed by atoms with Crippen molar-refractivity contribution in [1.82, 2.24) is 9.97 Å². The fraction of sp³-hybridized carbons (Fsp3) is 0.125. The van der Waals surface area contributed by atoms with Gasteiger partial charge in [0.15, 0.2) is 0 Å². The van der Waals surface area contributed by atoms with Crippen LogP contribution in [-0.4, -0.2) is 23.0 Å². The molecule has 2 N–H and O–H groups in total. The van der Waals surface area contributed by atoms with E-state index in [0.717, 1.165) is 22.3 Å². The number of hydrogen-bond acceptors (Lipinski definition) is 3. The van der Waals surface area contributed by atoms with Crippen LogP contribution in [-0.2, 0) is 0 Å². The average Bonchev–Trinajstić information content (AvgIpc) is 2.88. The van der Waals surface area contributed by atoms with Gasteiger partial charge in [0.2, 0.25) is 5.95 Å². The van der Waals surface area contributed by atoms with Crippen LogP contribution in [0, 0.1) is 6.92 Å². The van der Waals surface area contributed by atoms with Crippen LogP contribution in [0.4, 0.5) is 5.95 Å². The van der Waals surface area contributed by atoms with Gasteiger partial charge in [0, 0.05) is 11.6 Å². The van der Waals surface area contributed by atoms with E-state index in [1.54, 1.807) is 19.2 Å². The molecule has 5 heteroatoms. The smallest absolute Gasteiger partial charge is 0.257 e. The van der Waals surface area contributed by atoms with Crippen LogP contribution >= 0.6 is 0 Å². The Bertz CT molecular complexity index is 791. The monoisotopic (exact) mass is 281 g/mol. The lowest BCUT2D eigenvalue weighted by Crippen LogP contribution is -2.12. The molecule has 3 aromatic rings. The molecule has 0 fully saturated rings. The second kappa shape index (κ2) is 5.28. The molecule has 0 aliphatic heterocycles. The first-order valence-corrected chi connectivity index (χ1v) is 6.57. The van der Waals surface area contributed by atoms with Crippen molar-refractivity contribution in [2.75, 3.05) is 12.4 Å². The van der Waals surface area contributed by atoms with Gasteiger partial charge < -0.3 is 9.72 Å². The first-order chi connectivity index (χ1) is 10.2. The van der Waals surface area contributed by atoms with Crippen molar-refractivity contribution in [3.63, 3.8) is 0 Å². The molecule has 0 unspecified atom stereocenters. The average molecular weight is 281 g/mol. The van der Waals surface area contributed by atoms with E-state index in [1.807, 2.05) is 37.3 Å². The first-order valence-electron chi connectivity index (χ1n) is 6.57. The summed E-state index contributed by atoms with van der Waals surface area (Å²) in [7, 11) is 1.61. The highest BCUT2D eigenvalue weighted by Crippen LogP contribution is 2.20. The largest absolute Gasteiger partial charge is 0.497 e. The van der Waals surface area contributed by atoms with Gasteiger partial charge in [-0.1, -0.05) is 17.7 Å². The summed E-state index contributed by atoms with van der Waals surface area (Å²) >= 11 is 0. The van der Waals surface area contributed by atoms with Gasteiger partial charge in [0.1, 0.15) is 5.75 Å². The number of amides is 1. The van der Waals surface area contributed by atoms with E-state index in [-0.39, 0.29) is 5.91 Å². The third kappa shape index (κ3) is 2.72. The van der Waals surface area contributed by atoms with Crippen molar-refractivity contribution in [2.24, 2.45) is 0 Å². The molecule has 1 heterocycles. The van der Waals surface area contributed by atoms with E-state index >= 15 is 0 Å². The number of fused-ring (bicyclic) bond motifs is 1. The van der Waals surface area contributed by atoms with Crippen molar-refractivity contribution >= 4 is 22.9 Å². The Morgan fingerprint density at radius 1 is 1.19 bits per heavy atom. The van der Waals surface area contributed by atoms with Gasteiger partial charge in [-0.05, 0) is 31.2 Å². The summed E-state index contributed by atoms with van der Waals surface area (Å²) in [6.45, 7) is 1.98. The Labute approximate surface area is 122 Å². The zero-order chi connectivity index (χ0) is 14.8. The molecule has 0 aliphatic rings. The number of rotatable bonds is 3. The first kappa shape index (κ1) is 13.2. The predicted octanol–water partition coefficient (Wildman–Crippen LogP) is 3.13. The number of aromatic amines is 1. The molecule has 0 aliphatic carbocycles. The van der Waals surface area contributed by atoms with E-state index in [4.69, 9.17) is 4.74 Å². The van der Waals surface area contributed by atoms with Crippen LogP contribution in [0.5, 0.6) is 5.75 Å². The van der Waals surface area contributed by atoms with Crippen molar-refractivity contribution in [2.45, 2.75) is 6.92 Å². The van der Waals surface area contributed by atoms with E-state index in [9.17, 15) is 4.79 Å². The van der Waals surface area contributed by atoms with Crippen LogP contribution in [0.1, 0.15) is 15.9 Å². The van der Waals surface area contributed by atoms with Crippen molar-refractivity contribution in [3.8, 4) is 5.75 Å². The van der Waals surface area contributed by atoms with Gasteiger partial charge >= 0.3 is 0 Å². The number of anilines is 1. The molecule has 106 valence electrons. The van der Waals surface area contributed by atoms with Gasteiger partial charge in [-0.3, -0.25) is 10.1 Å². The number of aryl methyl sites for hydroxylation is 1. The number of hydrogen-bond donors (Lipinski definition) is 2. The molecular formula is C16H15N3O2. The molecule has 0 spiro atoms. The molecule has 3 rings (SSSR count). The molecule has 21 heavy (non-hydrogen) atoms. The fourth-order valence-electron chi connectivity index (χ4n) is 2.06. The van der Waals surface area contributed by atoms with Crippen LogP contribution in [0.25, 0.3) is 11.0 Å². The zero-order valence-corrected chi connectivity index (χ0v) is 11.8. The Balaban J connectivity index is 1.84. The summed E-state index contributed by atoms with van der Waals surface area (Å²) in [5, 5.41) is 2.76. The summed E-state index contributed by atoms with van der Waals surface area (Å²) < 4.78 is 5.15. The summed E-state index contributed by atoms with van der Waals surface area (Å²) in [4.78, 5) is 19.5. The molecule has 0 radical (unpaired) electrons. The summed E-state index contributed by atoms with van der Waals surface area (Å²) in [5.41, 5.74) is 3.30. The summed E-state index contributed by atoms with van der Waals surface area (Å²) in [5.74, 6) is 0.954. The molecule has 1 amide bonds. The Kier molecular flexibility index (Phi) is 3.31. The van der Waals surface area contributed by atoms with Crippen molar-refractivity contribution < 1.29 is 9.53 Å². The highest BCUT2D eigenvalue weighted by Gasteiger charge is 2.09. The van der Waals surface area contributed by atoms with Gasteiger partial charge in [-0.15, -0.1) is 0 Å². The number of carbonyl (C=O) groups excluding carboxylic acids is 1. The number of nitrogens with one attached hydrogen (secondary N) is 2. The van der Waals surface area contributed by atoms with Crippen LogP contribution < -0.4 is 10.1 Å². The Hall–Kier alpha value is -2.82. The Morgan fingerprint density at radius 2 is 1.95 bits per heavy atom. The standard InChI is InChI=1S/C16H15N3O2/c1-10-3-5-11(6-4-10)15(20)19-16-17-13-8-7-12(21-2)9-14(13)18-16/h3-9H,1-2H3,(H2,17,18,19,20). The maximum Gasteiger partial charge on any atom is 0.257 e. The van der Waals surface area contributed by atoms with E-state index in [0.29, 0.717) is 11.5 Å². The molecular weight excluding hydrogens is 266 g/mol. The highest BCUT2D eigenvalue weighted by atomic mass is 16.5. The normalized spacial score (nSPS) is 10.6. The quantitative estimate of drug-likeness (QED) is 0.775. The predicted molar refractivity (Wildman–Crippen MR) is 81.8 cm³/mol. The number of imidazole rings is 1. The van der Waals surface area contributed by atoms with Crippen LogP contribution in [0.2, 0.25) is 0 Å². The molecule has 2 aromatic carbocycles. The molecule has 5 nitrogen and oxygen atoms in total. The van der Waals surface area contributed by atoms with Gasteiger partial charge in [0.05, 0.1) is 18.1 Å². The van der Waals surface area contributed by atoms with Crippen LogP contribution in [0.3, 0.4) is 0 Å². The van der Waals surface area contributed by atoms with Crippen molar-refractivity contribution in [3.05, 3.63) is 53.6 Å². The zero-order valence-electron chi connectivity index (χ0n) is 11.8. The Morgan fingerprint density at radius 3 is 2.67 bits per heavy atom. The summed E-state index contributed by atoms with van der Waals surface area (Å²) in [6, 6.07) is 12.9.